The Kier molecular flexibility index (Phi) is 5.37. The maximum absolute atomic E-state index is 6.04. The van der Waals surface area contributed by atoms with Crippen LogP contribution in [0.25, 0.3) is 0 Å². The molecule has 2 atom stereocenters. The number of likely N-dealkylation sites (N-methyl/N-ethyl adjacent to an activating group) is 1. The number of ether oxygens (including phenoxy) is 1. The SMILES string of the molecule is CCN(CC1CCCO1)C(CN)c1ccccc1C. The number of aryl methyl sites for hydroxylation is 1. The molecule has 1 aromatic rings. The quantitative estimate of drug-likeness (QED) is 0.856. The van der Waals surface area contributed by atoms with Crippen LogP contribution in [0.2, 0.25) is 0 Å². The summed E-state index contributed by atoms with van der Waals surface area (Å²) in [6.45, 7) is 7.95. The Hall–Kier alpha value is -0.900. The minimum atomic E-state index is 0.301. The zero-order valence-corrected chi connectivity index (χ0v) is 12.1. The van der Waals surface area contributed by atoms with Crippen molar-refractivity contribution in [3.05, 3.63) is 35.4 Å². The van der Waals surface area contributed by atoms with Gasteiger partial charge in [-0.05, 0) is 37.4 Å². The first-order valence-electron chi connectivity index (χ1n) is 7.37. The van der Waals surface area contributed by atoms with Gasteiger partial charge in [0.2, 0.25) is 0 Å². The molecule has 1 fully saturated rings. The molecule has 3 nitrogen and oxygen atoms in total. The fourth-order valence-electron chi connectivity index (χ4n) is 2.96. The lowest BCUT2D eigenvalue weighted by Crippen LogP contribution is -2.39. The van der Waals surface area contributed by atoms with Crippen LogP contribution in [-0.2, 0) is 4.74 Å². The minimum absolute atomic E-state index is 0.301. The van der Waals surface area contributed by atoms with E-state index in [9.17, 15) is 0 Å². The van der Waals surface area contributed by atoms with Gasteiger partial charge in [0, 0.05) is 25.7 Å². The van der Waals surface area contributed by atoms with Crippen molar-refractivity contribution < 1.29 is 4.74 Å². The van der Waals surface area contributed by atoms with Crippen molar-refractivity contribution in [1.29, 1.82) is 0 Å². The van der Waals surface area contributed by atoms with Crippen molar-refractivity contribution in [2.75, 3.05) is 26.2 Å². The van der Waals surface area contributed by atoms with Gasteiger partial charge in [0.25, 0.3) is 0 Å². The van der Waals surface area contributed by atoms with E-state index in [2.05, 4.69) is 43.0 Å². The maximum atomic E-state index is 6.04. The van der Waals surface area contributed by atoms with Gasteiger partial charge in [-0.3, -0.25) is 4.90 Å². The third kappa shape index (κ3) is 3.56. The number of hydrogen-bond donors (Lipinski definition) is 1. The fourth-order valence-corrected chi connectivity index (χ4v) is 2.96. The van der Waals surface area contributed by atoms with Gasteiger partial charge in [-0.1, -0.05) is 31.2 Å². The molecule has 0 aliphatic carbocycles. The molecule has 0 bridgehead atoms. The molecular formula is C16H26N2O. The number of hydrogen-bond acceptors (Lipinski definition) is 3. The lowest BCUT2D eigenvalue weighted by atomic mass is 9.99. The number of benzene rings is 1. The summed E-state index contributed by atoms with van der Waals surface area (Å²) in [4.78, 5) is 2.46. The normalized spacial score (nSPS) is 20.9. The molecule has 2 unspecified atom stereocenters. The smallest absolute Gasteiger partial charge is 0.0703 e. The lowest BCUT2D eigenvalue weighted by Gasteiger charge is -2.32. The van der Waals surface area contributed by atoms with Gasteiger partial charge in [-0.2, -0.15) is 0 Å². The summed E-state index contributed by atoms with van der Waals surface area (Å²) in [5.41, 5.74) is 8.72. The summed E-state index contributed by atoms with van der Waals surface area (Å²) < 4.78 is 5.76. The minimum Gasteiger partial charge on any atom is -0.377 e. The van der Waals surface area contributed by atoms with E-state index in [0.29, 0.717) is 18.7 Å². The van der Waals surface area contributed by atoms with Gasteiger partial charge >= 0.3 is 0 Å². The third-order valence-corrected chi connectivity index (χ3v) is 4.08. The maximum Gasteiger partial charge on any atom is 0.0703 e. The van der Waals surface area contributed by atoms with Crippen LogP contribution >= 0.6 is 0 Å². The van der Waals surface area contributed by atoms with Gasteiger partial charge in [0.05, 0.1) is 6.10 Å². The molecule has 0 saturated carbocycles. The Balaban J connectivity index is 2.11. The van der Waals surface area contributed by atoms with Crippen molar-refractivity contribution in [2.45, 2.75) is 38.8 Å². The van der Waals surface area contributed by atoms with E-state index in [-0.39, 0.29) is 0 Å². The Morgan fingerprint density at radius 1 is 1.42 bits per heavy atom. The number of nitrogens with two attached hydrogens (primary N) is 1. The summed E-state index contributed by atoms with van der Waals surface area (Å²) in [5, 5.41) is 0. The Morgan fingerprint density at radius 2 is 2.21 bits per heavy atom. The molecular weight excluding hydrogens is 236 g/mol. The van der Waals surface area contributed by atoms with Gasteiger partial charge in [0.15, 0.2) is 0 Å². The molecule has 1 saturated heterocycles. The van der Waals surface area contributed by atoms with Crippen molar-refractivity contribution in [2.24, 2.45) is 5.73 Å². The highest BCUT2D eigenvalue weighted by molar-refractivity contribution is 5.29. The number of nitrogens with zero attached hydrogens (tertiary/aromatic N) is 1. The molecule has 1 heterocycles. The molecule has 3 heteroatoms. The van der Waals surface area contributed by atoms with Crippen molar-refractivity contribution in [1.82, 2.24) is 4.90 Å². The van der Waals surface area contributed by atoms with Crippen molar-refractivity contribution in [3.63, 3.8) is 0 Å². The summed E-state index contributed by atoms with van der Waals surface area (Å²) in [6.07, 6.45) is 2.76. The van der Waals surface area contributed by atoms with Crippen LogP contribution in [0.1, 0.15) is 36.9 Å². The zero-order chi connectivity index (χ0) is 13.7. The highest BCUT2D eigenvalue weighted by atomic mass is 16.5. The molecule has 0 aromatic heterocycles. The lowest BCUT2D eigenvalue weighted by molar-refractivity contribution is 0.0600. The largest absolute Gasteiger partial charge is 0.377 e. The summed E-state index contributed by atoms with van der Waals surface area (Å²) in [7, 11) is 0. The van der Waals surface area contributed by atoms with Crippen molar-refractivity contribution >= 4 is 0 Å². The molecule has 19 heavy (non-hydrogen) atoms. The summed E-state index contributed by atoms with van der Waals surface area (Å²) in [5.74, 6) is 0. The molecule has 1 aromatic carbocycles. The van der Waals surface area contributed by atoms with Crippen LogP contribution in [-0.4, -0.2) is 37.2 Å². The highest BCUT2D eigenvalue weighted by Crippen LogP contribution is 2.24. The second kappa shape index (κ2) is 7.04. The molecule has 0 spiro atoms. The molecule has 0 amide bonds. The molecule has 2 N–H and O–H groups in total. The van der Waals surface area contributed by atoms with Gasteiger partial charge in [-0.15, -0.1) is 0 Å². The first kappa shape index (κ1) is 14.5. The third-order valence-electron chi connectivity index (χ3n) is 4.08. The second-order valence-electron chi connectivity index (χ2n) is 5.33. The Bertz CT molecular complexity index is 388. The molecule has 106 valence electrons. The van der Waals surface area contributed by atoms with E-state index in [1.54, 1.807) is 0 Å². The molecule has 1 aliphatic rings. The predicted octanol–water partition coefficient (Wildman–Crippen LogP) is 2.50. The average molecular weight is 262 g/mol. The van der Waals surface area contributed by atoms with Crippen LogP contribution in [0.15, 0.2) is 24.3 Å². The molecule has 1 aliphatic heterocycles. The first-order valence-corrected chi connectivity index (χ1v) is 7.37. The van der Waals surface area contributed by atoms with E-state index in [4.69, 9.17) is 10.5 Å². The first-order chi connectivity index (χ1) is 9.26. The predicted molar refractivity (Wildman–Crippen MR) is 79.2 cm³/mol. The topological polar surface area (TPSA) is 38.5 Å². The van der Waals surface area contributed by atoms with E-state index >= 15 is 0 Å². The Labute approximate surface area is 116 Å². The zero-order valence-electron chi connectivity index (χ0n) is 12.1. The van der Waals surface area contributed by atoms with Crippen LogP contribution in [0.3, 0.4) is 0 Å². The monoisotopic (exact) mass is 262 g/mol. The number of rotatable bonds is 6. The van der Waals surface area contributed by atoms with Gasteiger partial charge in [0.1, 0.15) is 0 Å². The van der Waals surface area contributed by atoms with Crippen molar-refractivity contribution in [3.8, 4) is 0 Å². The Morgan fingerprint density at radius 3 is 2.79 bits per heavy atom. The average Bonchev–Trinajstić information content (AvgIpc) is 2.93. The summed E-state index contributed by atoms with van der Waals surface area (Å²) in [6, 6.07) is 8.85. The molecule has 2 rings (SSSR count). The van der Waals surface area contributed by atoms with E-state index < -0.39 is 0 Å². The summed E-state index contributed by atoms with van der Waals surface area (Å²) >= 11 is 0. The fraction of sp³-hybridized carbons (Fsp3) is 0.625. The molecule has 0 radical (unpaired) electrons. The highest BCUT2D eigenvalue weighted by Gasteiger charge is 2.24. The van der Waals surface area contributed by atoms with Crippen LogP contribution in [0, 0.1) is 6.92 Å². The van der Waals surface area contributed by atoms with Gasteiger partial charge in [-0.25, -0.2) is 0 Å². The van der Waals surface area contributed by atoms with E-state index in [0.717, 1.165) is 19.7 Å². The van der Waals surface area contributed by atoms with Crippen LogP contribution in [0.5, 0.6) is 0 Å². The standard InChI is InChI=1S/C16H26N2O/c1-3-18(12-14-8-6-10-19-14)16(11-17)15-9-5-4-7-13(15)2/h4-5,7,9,14,16H,3,6,8,10-12,17H2,1-2H3. The van der Waals surface area contributed by atoms with E-state index in [1.807, 2.05) is 0 Å². The van der Waals surface area contributed by atoms with Gasteiger partial charge < -0.3 is 10.5 Å². The van der Waals surface area contributed by atoms with Crippen LogP contribution in [0.4, 0.5) is 0 Å². The van der Waals surface area contributed by atoms with Crippen LogP contribution < -0.4 is 5.73 Å². The van der Waals surface area contributed by atoms with E-state index in [1.165, 1.54) is 24.0 Å². The second-order valence-corrected chi connectivity index (χ2v) is 5.33.